The maximum atomic E-state index is 11.3. The average molecular weight is 511 g/mol. The van der Waals surface area contributed by atoms with E-state index in [9.17, 15) is 9.90 Å². The van der Waals surface area contributed by atoms with Crippen LogP contribution in [0.3, 0.4) is 0 Å². The van der Waals surface area contributed by atoms with Crippen molar-refractivity contribution in [1.82, 2.24) is 10.2 Å². The van der Waals surface area contributed by atoms with Crippen LogP contribution >= 0.6 is 0 Å². The smallest absolute Gasteiger partial charge is 0.217 e. The van der Waals surface area contributed by atoms with Crippen molar-refractivity contribution in [3.8, 4) is 0 Å². The van der Waals surface area contributed by atoms with E-state index >= 15 is 0 Å². The molecule has 3 heterocycles. The van der Waals surface area contributed by atoms with Gasteiger partial charge in [0.2, 0.25) is 5.91 Å². The molecule has 8 nitrogen and oxygen atoms in total. The molecule has 2 aromatic rings. The first-order chi connectivity index (χ1) is 17.9. The Kier molecular flexibility index (Phi) is 8.24. The van der Waals surface area contributed by atoms with Gasteiger partial charge in [0, 0.05) is 57.4 Å². The first-order valence-corrected chi connectivity index (χ1v) is 13.3. The van der Waals surface area contributed by atoms with Crippen LogP contribution in [-0.2, 0) is 36.9 Å². The van der Waals surface area contributed by atoms with E-state index in [0.29, 0.717) is 19.8 Å². The number of nitrogens with one attached hydrogen (secondary N) is 1. The highest BCUT2D eigenvalue weighted by Crippen LogP contribution is 2.42. The fourth-order valence-corrected chi connectivity index (χ4v) is 5.46. The zero-order chi connectivity index (χ0) is 25.8. The number of piperidine rings is 1. The highest BCUT2D eigenvalue weighted by Gasteiger charge is 2.43. The number of hydrogen-bond donors (Lipinski definition) is 2. The summed E-state index contributed by atoms with van der Waals surface area (Å²) in [6, 6.07) is 16.0. The van der Waals surface area contributed by atoms with Gasteiger partial charge in [0.1, 0.15) is 0 Å². The molecule has 2 N–H and O–H groups in total. The summed E-state index contributed by atoms with van der Waals surface area (Å²) >= 11 is 0. The molecule has 0 bridgehead atoms. The van der Waals surface area contributed by atoms with E-state index < -0.39 is 12.1 Å². The first kappa shape index (κ1) is 26.3. The number of likely N-dealkylation sites (tertiary alicyclic amines) is 1. The largest absolute Gasteiger partial charge is 0.392 e. The molecule has 3 aliphatic heterocycles. The van der Waals surface area contributed by atoms with Crippen LogP contribution < -0.4 is 5.32 Å². The molecule has 1 spiro atoms. The second-order valence-electron chi connectivity index (χ2n) is 10.4. The molecule has 4 atom stereocenters. The summed E-state index contributed by atoms with van der Waals surface area (Å²) in [5, 5.41) is 12.3. The standard InChI is InChI=1S/C29H38N2O6/c1-20-26(18-31-13-11-29(12-14-31)34-15-16-35-29)36-28(25-9-3-22(4-10-25)17-30-21(2)33)37-27(20)24-7-5-23(19-32)6-8-24/h3-10,20,26-28,32H,11-19H2,1-2H3,(H,30,33)/t20-,26+,27+,28+/m0/s1. The van der Waals surface area contributed by atoms with Crippen molar-refractivity contribution in [2.75, 3.05) is 32.8 Å². The van der Waals surface area contributed by atoms with Crippen LogP contribution in [0.1, 0.15) is 61.3 Å². The van der Waals surface area contributed by atoms with Gasteiger partial charge in [0.15, 0.2) is 12.1 Å². The molecular weight excluding hydrogens is 472 g/mol. The average Bonchev–Trinajstić information content (AvgIpc) is 3.38. The zero-order valence-corrected chi connectivity index (χ0v) is 21.7. The number of rotatable bonds is 7. The lowest BCUT2D eigenvalue weighted by molar-refractivity contribution is -0.278. The van der Waals surface area contributed by atoms with Crippen LogP contribution in [0.15, 0.2) is 48.5 Å². The number of nitrogens with zero attached hydrogens (tertiary/aromatic N) is 1. The van der Waals surface area contributed by atoms with Crippen LogP contribution in [0.4, 0.5) is 0 Å². The number of hydrogen-bond acceptors (Lipinski definition) is 7. The van der Waals surface area contributed by atoms with Crippen molar-refractivity contribution < 1.29 is 28.8 Å². The number of benzene rings is 2. The van der Waals surface area contributed by atoms with Gasteiger partial charge in [-0.2, -0.15) is 0 Å². The molecule has 3 fully saturated rings. The van der Waals surface area contributed by atoms with Crippen LogP contribution in [0.5, 0.6) is 0 Å². The summed E-state index contributed by atoms with van der Waals surface area (Å²) in [5.41, 5.74) is 3.93. The van der Waals surface area contributed by atoms with Gasteiger partial charge in [0.05, 0.1) is 32.0 Å². The SMILES string of the molecule is CC(=O)NCc1ccc([C@@H]2O[C@H](CN3CCC4(CC3)OCCO4)[C@H](C)[C@H](c3ccc(CO)cc3)O2)cc1. The van der Waals surface area contributed by atoms with Gasteiger partial charge in [-0.15, -0.1) is 0 Å². The maximum Gasteiger partial charge on any atom is 0.217 e. The Morgan fingerprint density at radius 3 is 2.22 bits per heavy atom. The van der Waals surface area contributed by atoms with Gasteiger partial charge >= 0.3 is 0 Å². The summed E-state index contributed by atoms with van der Waals surface area (Å²) in [6.45, 7) is 8.21. The van der Waals surface area contributed by atoms with E-state index in [2.05, 4.69) is 17.1 Å². The second-order valence-corrected chi connectivity index (χ2v) is 10.4. The Hall–Kier alpha value is -2.33. The van der Waals surface area contributed by atoms with Crippen molar-refractivity contribution in [3.05, 3.63) is 70.8 Å². The Morgan fingerprint density at radius 2 is 1.59 bits per heavy atom. The van der Waals surface area contributed by atoms with E-state index in [0.717, 1.165) is 54.7 Å². The molecule has 3 saturated heterocycles. The van der Waals surface area contributed by atoms with Crippen LogP contribution in [0, 0.1) is 5.92 Å². The predicted octanol–water partition coefficient (Wildman–Crippen LogP) is 3.45. The fraction of sp³-hybridized carbons (Fsp3) is 0.552. The van der Waals surface area contributed by atoms with Crippen molar-refractivity contribution in [1.29, 1.82) is 0 Å². The number of carbonyl (C=O) groups is 1. The Bertz CT molecular complexity index is 1030. The predicted molar refractivity (Wildman–Crippen MR) is 137 cm³/mol. The molecule has 8 heteroatoms. The van der Waals surface area contributed by atoms with Gasteiger partial charge in [-0.05, 0) is 16.7 Å². The second kappa shape index (κ2) is 11.6. The highest BCUT2D eigenvalue weighted by atomic mass is 16.7. The molecule has 37 heavy (non-hydrogen) atoms. The molecule has 1 amide bonds. The minimum absolute atomic E-state index is 0.0183. The summed E-state index contributed by atoms with van der Waals surface area (Å²) in [5.74, 6) is -0.313. The quantitative estimate of drug-likeness (QED) is 0.590. The number of aliphatic hydroxyl groups excluding tert-OH is 1. The Balaban J connectivity index is 1.32. The van der Waals surface area contributed by atoms with Crippen molar-refractivity contribution in [2.45, 2.75) is 64.1 Å². The topological polar surface area (TPSA) is 89.5 Å². The maximum absolute atomic E-state index is 11.3. The van der Waals surface area contributed by atoms with E-state index in [-0.39, 0.29) is 30.6 Å². The van der Waals surface area contributed by atoms with Crippen LogP contribution in [0.2, 0.25) is 0 Å². The summed E-state index contributed by atoms with van der Waals surface area (Å²) in [7, 11) is 0. The third-order valence-electron chi connectivity index (χ3n) is 7.79. The minimum Gasteiger partial charge on any atom is -0.392 e. The zero-order valence-electron chi connectivity index (χ0n) is 21.7. The van der Waals surface area contributed by atoms with Gasteiger partial charge in [-0.1, -0.05) is 55.5 Å². The van der Waals surface area contributed by atoms with Gasteiger partial charge in [0.25, 0.3) is 0 Å². The fourth-order valence-electron chi connectivity index (χ4n) is 5.46. The molecule has 3 aliphatic rings. The molecule has 0 aromatic heterocycles. The molecule has 200 valence electrons. The number of aliphatic hydroxyl groups is 1. The third kappa shape index (κ3) is 6.22. The summed E-state index contributed by atoms with van der Waals surface area (Å²) in [4.78, 5) is 13.7. The summed E-state index contributed by atoms with van der Waals surface area (Å²) < 4.78 is 25.0. The van der Waals surface area contributed by atoms with Gasteiger partial charge in [-0.3, -0.25) is 4.79 Å². The van der Waals surface area contributed by atoms with Gasteiger partial charge < -0.3 is 34.3 Å². The summed E-state index contributed by atoms with van der Waals surface area (Å²) in [6.07, 6.45) is 1.07. The van der Waals surface area contributed by atoms with Crippen LogP contribution in [0.25, 0.3) is 0 Å². The number of ether oxygens (including phenoxy) is 4. The first-order valence-electron chi connectivity index (χ1n) is 13.3. The normalized spacial score (nSPS) is 27.9. The Labute approximate surface area is 218 Å². The van der Waals surface area contributed by atoms with E-state index in [1.165, 1.54) is 6.92 Å². The highest BCUT2D eigenvalue weighted by molar-refractivity contribution is 5.72. The lowest BCUT2D eigenvalue weighted by atomic mass is 9.89. The number of amides is 1. The van der Waals surface area contributed by atoms with E-state index in [1.54, 1.807) is 0 Å². The molecule has 0 saturated carbocycles. The van der Waals surface area contributed by atoms with Crippen molar-refractivity contribution in [2.24, 2.45) is 5.92 Å². The van der Waals surface area contributed by atoms with Crippen LogP contribution in [-0.4, -0.2) is 60.7 Å². The molecular formula is C29H38N2O6. The Morgan fingerprint density at radius 1 is 0.973 bits per heavy atom. The van der Waals surface area contributed by atoms with E-state index in [4.69, 9.17) is 18.9 Å². The van der Waals surface area contributed by atoms with Gasteiger partial charge in [-0.25, -0.2) is 0 Å². The lowest BCUT2D eigenvalue weighted by Crippen LogP contribution is -2.50. The van der Waals surface area contributed by atoms with Crippen molar-refractivity contribution >= 4 is 5.91 Å². The number of carbonyl (C=O) groups excluding carboxylic acids is 1. The monoisotopic (exact) mass is 510 g/mol. The lowest BCUT2D eigenvalue weighted by Gasteiger charge is -2.44. The van der Waals surface area contributed by atoms with Crippen molar-refractivity contribution in [3.63, 3.8) is 0 Å². The molecule has 2 aromatic carbocycles. The molecule has 0 aliphatic carbocycles. The van der Waals surface area contributed by atoms with E-state index in [1.807, 2.05) is 48.5 Å². The molecule has 0 unspecified atom stereocenters. The third-order valence-corrected chi connectivity index (χ3v) is 7.79. The minimum atomic E-state index is -0.504. The molecule has 5 rings (SSSR count). The molecule has 0 radical (unpaired) electrons.